The maximum absolute atomic E-state index is 11.3. The number of aliphatic hydroxyl groups is 1. The van der Waals surface area contributed by atoms with Gasteiger partial charge in [-0.15, -0.1) is 0 Å². The Morgan fingerprint density at radius 1 is 1.32 bits per heavy atom. The highest BCUT2D eigenvalue weighted by molar-refractivity contribution is 5.94. The van der Waals surface area contributed by atoms with Crippen LogP contribution in [0.5, 0.6) is 0 Å². The van der Waals surface area contributed by atoms with Gasteiger partial charge in [-0.25, -0.2) is 0 Å². The van der Waals surface area contributed by atoms with Gasteiger partial charge >= 0.3 is 0 Å². The molecule has 1 amide bonds. The summed E-state index contributed by atoms with van der Waals surface area (Å²) in [4.78, 5) is 11.3. The second kappa shape index (κ2) is 7.26. The molecule has 106 valence electrons. The fraction of sp³-hybridized carbons (Fsp3) is 0.533. The number of carbonyl (C=O) groups excluding carboxylic acids is 1. The zero-order valence-corrected chi connectivity index (χ0v) is 11.8. The van der Waals surface area contributed by atoms with E-state index in [0.717, 1.165) is 24.9 Å². The molecule has 0 aliphatic heterocycles. The number of hydrogen-bond acceptors (Lipinski definition) is 3. The van der Waals surface area contributed by atoms with E-state index in [9.17, 15) is 9.90 Å². The van der Waals surface area contributed by atoms with E-state index < -0.39 is 5.91 Å². The van der Waals surface area contributed by atoms with Gasteiger partial charge in [0.05, 0.1) is 0 Å². The van der Waals surface area contributed by atoms with Gasteiger partial charge in [0, 0.05) is 30.7 Å². The molecule has 0 bridgehead atoms. The molecule has 4 heteroatoms. The van der Waals surface area contributed by atoms with Crippen molar-refractivity contribution in [3.8, 4) is 0 Å². The average molecular weight is 264 g/mol. The summed E-state index contributed by atoms with van der Waals surface area (Å²) in [5.41, 5.74) is 6.71. The van der Waals surface area contributed by atoms with Crippen LogP contribution in [0, 0.1) is 5.41 Å². The maximum atomic E-state index is 11.3. The lowest BCUT2D eigenvalue weighted by atomic mass is 9.83. The molecule has 4 nitrogen and oxygen atoms in total. The lowest BCUT2D eigenvalue weighted by molar-refractivity contribution is 0.0998. The Hall–Kier alpha value is -1.39. The van der Waals surface area contributed by atoms with Crippen LogP contribution in [-0.2, 0) is 6.54 Å². The fourth-order valence-corrected chi connectivity index (χ4v) is 2.16. The molecule has 0 unspecified atom stereocenters. The molecule has 0 aliphatic rings. The first-order valence-corrected chi connectivity index (χ1v) is 6.78. The molecule has 0 saturated carbocycles. The number of nitrogens with two attached hydrogens (primary N) is 1. The molecule has 0 heterocycles. The molecule has 19 heavy (non-hydrogen) atoms. The second-order valence-corrected chi connectivity index (χ2v) is 4.99. The average Bonchev–Trinajstić information content (AvgIpc) is 2.44. The smallest absolute Gasteiger partial charge is 0.249 e. The molecule has 0 aliphatic carbocycles. The van der Waals surface area contributed by atoms with Crippen LogP contribution in [0.1, 0.15) is 42.6 Å². The number of benzene rings is 1. The van der Waals surface area contributed by atoms with Crippen LogP contribution in [0.3, 0.4) is 0 Å². The quantitative estimate of drug-likeness (QED) is 0.668. The van der Waals surface area contributed by atoms with Crippen LogP contribution in [0.2, 0.25) is 0 Å². The Kier molecular flexibility index (Phi) is 5.99. The van der Waals surface area contributed by atoms with Gasteiger partial charge in [0.15, 0.2) is 0 Å². The summed E-state index contributed by atoms with van der Waals surface area (Å²) in [6, 6.07) is 7.33. The highest BCUT2D eigenvalue weighted by Gasteiger charge is 2.24. The van der Waals surface area contributed by atoms with E-state index in [1.54, 1.807) is 12.1 Å². The molecule has 0 saturated heterocycles. The number of aliphatic hydroxyl groups excluding tert-OH is 1. The van der Waals surface area contributed by atoms with Crippen molar-refractivity contribution in [2.45, 2.75) is 33.2 Å². The minimum absolute atomic E-state index is 0.0817. The van der Waals surface area contributed by atoms with Gasteiger partial charge in [-0.3, -0.25) is 4.79 Å². The standard InChI is InChI=1S/C15H24N2O2/c1-3-15(4-2,11-18)10-17-9-12-7-5-6-8-13(12)14(16)19/h5-8,17-18H,3-4,9-11H2,1-2H3,(H2,16,19). The van der Waals surface area contributed by atoms with Gasteiger partial charge in [0.2, 0.25) is 5.91 Å². The number of primary amides is 1. The van der Waals surface area contributed by atoms with Crippen LogP contribution >= 0.6 is 0 Å². The number of amides is 1. The van der Waals surface area contributed by atoms with Crippen molar-refractivity contribution in [3.63, 3.8) is 0 Å². The molecule has 1 aromatic carbocycles. The summed E-state index contributed by atoms with van der Waals surface area (Å²) in [5, 5.41) is 12.8. The molecule has 4 N–H and O–H groups in total. The number of carbonyl (C=O) groups is 1. The summed E-state index contributed by atoms with van der Waals surface area (Å²) in [6.07, 6.45) is 1.84. The van der Waals surface area contributed by atoms with Crippen LogP contribution in [0.15, 0.2) is 24.3 Å². The van der Waals surface area contributed by atoms with Gasteiger partial charge < -0.3 is 16.2 Å². The fourth-order valence-electron chi connectivity index (χ4n) is 2.16. The third-order valence-electron chi connectivity index (χ3n) is 3.93. The predicted molar refractivity (Wildman–Crippen MR) is 76.8 cm³/mol. The highest BCUT2D eigenvalue weighted by atomic mass is 16.3. The lowest BCUT2D eigenvalue weighted by Crippen LogP contribution is -2.36. The van der Waals surface area contributed by atoms with Gasteiger partial charge in [-0.1, -0.05) is 32.0 Å². The van der Waals surface area contributed by atoms with Gasteiger partial charge in [0.1, 0.15) is 0 Å². The first-order valence-electron chi connectivity index (χ1n) is 6.78. The van der Waals surface area contributed by atoms with Crippen molar-refractivity contribution in [2.75, 3.05) is 13.2 Å². The molecule has 0 fully saturated rings. The number of hydrogen-bond donors (Lipinski definition) is 3. The molecular formula is C15H24N2O2. The van der Waals surface area contributed by atoms with E-state index in [1.807, 2.05) is 12.1 Å². The van der Waals surface area contributed by atoms with E-state index in [-0.39, 0.29) is 12.0 Å². The summed E-state index contributed by atoms with van der Waals surface area (Å²) < 4.78 is 0. The molecule has 1 aromatic rings. The van der Waals surface area contributed by atoms with E-state index in [4.69, 9.17) is 5.73 Å². The van der Waals surface area contributed by atoms with E-state index >= 15 is 0 Å². The van der Waals surface area contributed by atoms with Crippen LogP contribution < -0.4 is 11.1 Å². The topological polar surface area (TPSA) is 75.3 Å². The van der Waals surface area contributed by atoms with Gasteiger partial charge in [0.25, 0.3) is 0 Å². The third kappa shape index (κ3) is 4.04. The van der Waals surface area contributed by atoms with Crippen molar-refractivity contribution in [2.24, 2.45) is 11.1 Å². The SMILES string of the molecule is CCC(CC)(CO)CNCc1ccccc1C(N)=O. The third-order valence-corrected chi connectivity index (χ3v) is 3.93. The molecule has 0 spiro atoms. The zero-order chi connectivity index (χ0) is 14.3. The monoisotopic (exact) mass is 264 g/mol. The summed E-state index contributed by atoms with van der Waals surface area (Å²) >= 11 is 0. The minimum Gasteiger partial charge on any atom is -0.396 e. The van der Waals surface area contributed by atoms with Crippen LogP contribution in [0.25, 0.3) is 0 Å². The van der Waals surface area contributed by atoms with Crippen LogP contribution in [-0.4, -0.2) is 24.2 Å². The van der Waals surface area contributed by atoms with Crippen molar-refractivity contribution in [1.82, 2.24) is 5.32 Å². The Balaban J connectivity index is 2.65. The largest absolute Gasteiger partial charge is 0.396 e. The molecular weight excluding hydrogens is 240 g/mol. The van der Waals surface area contributed by atoms with Gasteiger partial charge in [-0.2, -0.15) is 0 Å². The van der Waals surface area contributed by atoms with E-state index in [0.29, 0.717) is 12.1 Å². The highest BCUT2D eigenvalue weighted by Crippen LogP contribution is 2.24. The predicted octanol–water partition coefficient (Wildman–Crippen LogP) is 1.67. The van der Waals surface area contributed by atoms with E-state index in [2.05, 4.69) is 19.2 Å². The Morgan fingerprint density at radius 2 is 1.95 bits per heavy atom. The zero-order valence-electron chi connectivity index (χ0n) is 11.8. The molecule has 0 aromatic heterocycles. The maximum Gasteiger partial charge on any atom is 0.249 e. The van der Waals surface area contributed by atoms with Crippen LogP contribution in [0.4, 0.5) is 0 Å². The minimum atomic E-state index is -0.406. The second-order valence-electron chi connectivity index (χ2n) is 4.99. The Morgan fingerprint density at radius 3 is 2.47 bits per heavy atom. The molecule has 1 rings (SSSR count). The first kappa shape index (κ1) is 15.7. The summed E-state index contributed by atoms with van der Waals surface area (Å²) in [6.45, 7) is 5.65. The lowest BCUT2D eigenvalue weighted by Gasteiger charge is -2.29. The van der Waals surface area contributed by atoms with Gasteiger partial charge in [-0.05, 0) is 24.5 Å². The first-order chi connectivity index (χ1) is 9.08. The molecule has 0 radical (unpaired) electrons. The van der Waals surface area contributed by atoms with E-state index in [1.165, 1.54) is 0 Å². The summed E-state index contributed by atoms with van der Waals surface area (Å²) in [7, 11) is 0. The number of rotatable bonds is 8. The normalized spacial score (nSPS) is 11.5. The van der Waals surface area contributed by atoms with Crippen molar-refractivity contribution in [1.29, 1.82) is 0 Å². The number of nitrogens with one attached hydrogen (secondary N) is 1. The van der Waals surface area contributed by atoms with Crippen molar-refractivity contribution in [3.05, 3.63) is 35.4 Å². The Bertz CT molecular complexity index is 406. The summed E-state index contributed by atoms with van der Waals surface area (Å²) in [5.74, 6) is -0.406. The Labute approximate surface area is 115 Å². The molecule has 0 atom stereocenters. The van der Waals surface area contributed by atoms with Crippen molar-refractivity contribution >= 4 is 5.91 Å². The van der Waals surface area contributed by atoms with Crippen molar-refractivity contribution < 1.29 is 9.90 Å².